The number of pyridine rings is 1. The van der Waals surface area contributed by atoms with Gasteiger partial charge >= 0.3 is 0 Å². The van der Waals surface area contributed by atoms with Crippen LogP contribution in [0.4, 0.5) is 0 Å². The van der Waals surface area contributed by atoms with Crippen LogP contribution in [-0.4, -0.2) is 11.5 Å². The van der Waals surface area contributed by atoms with Crippen LogP contribution < -0.4 is 10.1 Å². The number of hydrogen-bond donors (Lipinski definition) is 1. The van der Waals surface area contributed by atoms with Crippen molar-refractivity contribution in [2.45, 2.75) is 32.9 Å². The summed E-state index contributed by atoms with van der Waals surface area (Å²) in [6.07, 6.45) is 2.87. The summed E-state index contributed by atoms with van der Waals surface area (Å²) in [5.41, 5.74) is 2.25. The Kier molecular flexibility index (Phi) is 5.56. The molecule has 0 radical (unpaired) electrons. The molecular formula is C17H22N2O. The lowest BCUT2D eigenvalue weighted by atomic mass is 10.0. The van der Waals surface area contributed by atoms with Crippen LogP contribution >= 0.6 is 0 Å². The molecule has 3 heteroatoms. The lowest BCUT2D eigenvalue weighted by molar-refractivity contribution is 0.301. The van der Waals surface area contributed by atoms with E-state index in [-0.39, 0.29) is 0 Å². The number of rotatable bonds is 7. The highest BCUT2D eigenvalue weighted by Crippen LogP contribution is 2.20. The fraction of sp³-hybridized carbons (Fsp3) is 0.353. The van der Waals surface area contributed by atoms with Gasteiger partial charge in [-0.2, -0.15) is 0 Å². The second-order valence-corrected chi connectivity index (χ2v) is 4.70. The Morgan fingerprint density at radius 2 is 1.90 bits per heavy atom. The fourth-order valence-electron chi connectivity index (χ4n) is 2.18. The van der Waals surface area contributed by atoms with Crippen molar-refractivity contribution in [3.8, 4) is 5.75 Å². The Morgan fingerprint density at radius 3 is 2.50 bits per heavy atom. The highest BCUT2D eigenvalue weighted by molar-refractivity contribution is 5.29. The molecule has 0 aliphatic rings. The summed E-state index contributed by atoms with van der Waals surface area (Å²) in [6.45, 7) is 5.81. The van der Waals surface area contributed by atoms with Gasteiger partial charge in [0.15, 0.2) is 0 Å². The van der Waals surface area contributed by atoms with Crippen molar-refractivity contribution >= 4 is 0 Å². The second-order valence-electron chi connectivity index (χ2n) is 4.70. The fourth-order valence-corrected chi connectivity index (χ4v) is 2.18. The quantitative estimate of drug-likeness (QED) is 0.832. The van der Waals surface area contributed by atoms with Crippen LogP contribution in [0.15, 0.2) is 48.7 Å². The molecule has 1 aromatic carbocycles. The van der Waals surface area contributed by atoms with Crippen LogP contribution in [0.5, 0.6) is 5.75 Å². The van der Waals surface area contributed by atoms with E-state index in [0.717, 1.165) is 24.4 Å². The molecule has 2 aromatic rings. The van der Waals surface area contributed by atoms with Crippen LogP contribution in [0.1, 0.15) is 37.6 Å². The molecule has 0 amide bonds. The lowest BCUT2D eigenvalue weighted by Crippen LogP contribution is -2.19. The van der Waals surface area contributed by atoms with E-state index in [1.807, 2.05) is 30.3 Å². The summed E-state index contributed by atoms with van der Waals surface area (Å²) in [5.74, 6) is 0.880. The zero-order chi connectivity index (χ0) is 14.2. The molecule has 0 saturated carbocycles. The Morgan fingerprint density at radius 1 is 1.10 bits per heavy atom. The summed E-state index contributed by atoms with van der Waals surface area (Å²) in [6, 6.07) is 14.6. The number of hydrogen-bond acceptors (Lipinski definition) is 3. The second kappa shape index (κ2) is 7.65. The summed E-state index contributed by atoms with van der Waals surface area (Å²) in [5, 5.41) is 3.48. The van der Waals surface area contributed by atoms with E-state index < -0.39 is 0 Å². The van der Waals surface area contributed by atoms with Gasteiger partial charge in [-0.3, -0.25) is 4.98 Å². The highest BCUT2D eigenvalue weighted by atomic mass is 16.5. The third-order valence-corrected chi connectivity index (χ3v) is 3.25. The number of nitrogens with one attached hydrogen (secondary N) is 1. The standard InChI is InChI=1S/C17H22N2O/c1-3-17(18-4-2)14-8-10-16(11-9-14)20-13-15-7-5-6-12-19-15/h5-12,17-18H,3-4,13H2,1-2H3. The third kappa shape index (κ3) is 4.07. The number of ether oxygens (including phenoxy) is 1. The van der Waals surface area contributed by atoms with E-state index in [2.05, 4.69) is 36.3 Å². The van der Waals surface area contributed by atoms with Crippen molar-refractivity contribution in [1.29, 1.82) is 0 Å². The van der Waals surface area contributed by atoms with Crippen molar-refractivity contribution in [2.24, 2.45) is 0 Å². The van der Waals surface area contributed by atoms with Gasteiger partial charge in [-0.15, -0.1) is 0 Å². The number of benzene rings is 1. The van der Waals surface area contributed by atoms with Gasteiger partial charge in [-0.05, 0) is 42.8 Å². The first kappa shape index (κ1) is 14.5. The minimum absolute atomic E-state index is 0.421. The largest absolute Gasteiger partial charge is 0.487 e. The average molecular weight is 270 g/mol. The maximum absolute atomic E-state index is 5.74. The topological polar surface area (TPSA) is 34.1 Å². The van der Waals surface area contributed by atoms with E-state index >= 15 is 0 Å². The molecule has 0 saturated heterocycles. The van der Waals surface area contributed by atoms with Crippen molar-refractivity contribution in [1.82, 2.24) is 10.3 Å². The molecule has 0 fully saturated rings. The minimum Gasteiger partial charge on any atom is -0.487 e. The van der Waals surface area contributed by atoms with Crippen LogP contribution in [0.2, 0.25) is 0 Å². The van der Waals surface area contributed by atoms with Gasteiger partial charge < -0.3 is 10.1 Å². The first-order valence-corrected chi connectivity index (χ1v) is 7.19. The van der Waals surface area contributed by atoms with Crippen molar-refractivity contribution in [3.05, 3.63) is 59.9 Å². The molecule has 1 heterocycles. The van der Waals surface area contributed by atoms with Crippen LogP contribution in [0.3, 0.4) is 0 Å². The Hall–Kier alpha value is -1.87. The van der Waals surface area contributed by atoms with E-state index in [0.29, 0.717) is 12.6 Å². The van der Waals surface area contributed by atoms with Gasteiger partial charge in [0.05, 0.1) is 5.69 Å². The summed E-state index contributed by atoms with van der Waals surface area (Å²) in [4.78, 5) is 4.24. The molecule has 0 bridgehead atoms. The molecule has 1 unspecified atom stereocenters. The number of aromatic nitrogens is 1. The number of nitrogens with zero attached hydrogens (tertiary/aromatic N) is 1. The SMILES string of the molecule is CCNC(CC)c1ccc(OCc2ccccn2)cc1. The van der Waals surface area contributed by atoms with Gasteiger partial charge in [0, 0.05) is 12.2 Å². The first-order chi connectivity index (χ1) is 9.83. The van der Waals surface area contributed by atoms with Crippen LogP contribution in [0.25, 0.3) is 0 Å². The minimum atomic E-state index is 0.421. The zero-order valence-electron chi connectivity index (χ0n) is 12.2. The van der Waals surface area contributed by atoms with Crippen molar-refractivity contribution < 1.29 is 4.74 Å². The normalized spacial score (nSPS) is 12.1. The van der Waals surface area contributed by atoms with Gasteiger partial charge in [0.25, 0.3) is 0 Å². The molecule has 0 spiro atoms. The van der Waals surface area contributed by atoms with Crippen molar-refractivity contribution in [3.63, 3.8) is 0 Å². The van der Waals surface area contributed by atoms with Crippen LogP contribution in [-0.2, 0) is 6.61 Å². The summed E-state index contributed by atoms with van der Waals surface area (Å²) >= 11 is 0. The monoisotopic (exact) mass is 270 g/mol. The molecule has 1 atom stereocenters. The van der Waals surface area contributed by atoms with Gasteiger partial charge in [0.2, 0.25) is 0 Å². The summed E-state index contributed by atoms with van der Waals surface area (Å²) < 4.78 is 5.74. The third-order valence-electron chi connectivity index (χ3n) is 3.25. The molecule has 0 aliphatic heterocycles. The predicted octanol–water partition coefficient (Wildman–Crippen LogP) is 3.72. The molecule has 0 aliphatic carbocycles. The molecule has 20 heavy (non-hydrogen) atoms. The van der Waals surface area contributed by atoms with E-state index in [1.54, 1.807) is 6.20 Å². The zero-order valence-corrected chi connectivity index (χ0v) is 12.2. The van der Waals surface area contributed by atoms with Crippen molar-refractivity contribution in [2.75, 3.05) is 6.54 Å². The molecule has 1 aromatic heterocycles. The van der Waals surface area contributed by atoms with Gasteiger partial charge in [0.1, 0.15) is 12.4 Å². The van der Waals surface area contributed by atoms with Crippen LogP contribution in [0, 0.1) is 0 Å². The Balaban J connectivity index is 1.94. The summed E-state index contributed by atoms with van der Waals surface area (Å²) in [7, 11) is 0. The van der Waals surface area contributed by atoms with Gasteiger partial charge in [-0.1, -0.05) is 32.0 Å². The smallest absolute Gasteiger partial charge is 0.130 e. The van der Waals surface area contributed by atoms with E-state index in [9.17, 15) is 0 Å². The Labute approximate surface area is 121 Å². The average Bonchev–Trinajstić information content (AvgIpc) is 2.52. The highest BCUT2D eigenvalue weighted by Gasteiger charge is 2.07. The Bertz CT molecular complexity index is 496. The molecule has 1 N–H and O–H groups in total. The van der Waals surface area contributed by atoms with E-state index in [1.165, 1.54) is 5.56 Å². The lowest BCUT2D eigenvalue weighted by Gasteiger charge is -2.16. The predicted molar refractivity (Wildman–Crippen MR) is 81.7 cm³/mol. The molecule has 106 valence electrons. The molecule has 2 rings (SSSR count). The maximum atomic E-state index is 5.74. The van der Waals surface area contributed by atoms with Gasteiger partial charge in [-0.25, -0.2) is 0 Å². The van der Waals surface area contributed by atoms with E-state index in [4.69, 9.17) is 4.74 Å². The molecular weight excluding hydrogens is 248 g/mol. The first-order valence-electron chi connectivity index (χ1n) is 7.19. The molecule has 3 nitrogen and oxygen atoms in total. The maximum Gasteiger partial charge on any atom is 0.130 e.